The van der Waals surface area contributed by atoms with Crippen LogP contribution in [-0.2, 0) is 11.2 Å². The molecule has 1 aromatic rings. The highest BCUT2D eigenvalue weighted by molar-refractivity contribution is 5.79. The van der Waals surface area contributed by atoms with E-state index in [1.54, 1.807) is 38.1 Å². The number of anilines is 1. The van der Waals surface area contributed by atoms with E-state index in [0.717, 1.165) is 4.90 Å². The molecular formula is C13H17F3N2O. The quantitative estimate of drug-likeness (QED) is 0.858. The number of hydrogen-bond acceptors (Lipinski definition) is 2. The van der Waals surface area contributed by atoms with Gasteiger partial charge >= 0.3 is 6.18 Å². The molecule has 0 aliphatic heterocycles. The van der Waals surface area contributed by atoms with Gasteiger partial charge in [-0.1, -0.05) is 12.1 Å². The van der Waals surface area contributed by atoms with Crippen LogP contribution in [0.1, 0.15) is 19.4 Å². The van der Waals surface area contributed by atoms with Gasteiger partial charge in [0, 0.05) is 11.7 Å². The molecule has 0 saturated heterocycles. The number of halogens is 3. The second-order valence-electron chi connectivity index (χ2n) is 4.65. The third-order valence-electron chi connectivity index (χ3n) is 2.63. The lowest BCUT2D eigenvalue weighted by Crippen LogP contribution is -2.44. The van der Waals surface area contributed by atoms with Gasteiger partial charge in [-0.2, -0.15) is 13.2 Å². The molecule has 0 spiro atoms. The number of hydrogen-bond donors (Lipinski definition) is 1. The fourth-order valence-corrected chi connectivity index (χ4v) is 1.66. The van der Waals surface area contributed by atoms with Crippen molar-refractivity contribution < 1.29 is 18.0 Å². The highest BCUT2D eigenvalue weighted by Gasteiger charge is 2.34. The number of carbonyl (C=O) groups excluding carboxylic acids is 1. The number of alkyl halides is 3. The molecule has 19 heavy (non-hydrogen) atoms. The van der Waals surface area contributed by atoms with Gasteiger partial charge in [-0.15, -0.1) is 0 Å². The van der Waals surface area contributed by atoms with Crippen molar-refractivity contribution in [1.29, 1.82) is 0 Å². The van der Waals surface area contributed by atoms with E-state index in [9.17, 15) is 18.0 Å². The number of carbonyl (C=O) groups is 1. The van der Waals surface area contributed by atoms with Gasteiger partial charge in [-0.05, 0) is 31.5 Å². The Balaban J connectivity index is 2.75. The van der Waals surface area contributed by atoms with Crippen molar-refractivity contribution in [2.24, 2.45) is 0 Å². The molecule has 0 unspecified atom stereocenters. The average Bonchev–Trinajstić information content (AvgIpc) is 2.27. The summed E-state index contributed by atoms with van der Waals surface area (Å²) in [7, 11) is 0. The topological polar surface area (TPSA) is 46.3 Å². The van der Waals surface area contributed by atoms with Crippen LogP contribution < -0.4 is 5.73 Å². The predicted molar refractivity (Wildman–Crippen MR) is 67.5 cm³/mol. The molecule has 106 valence electrons. The molecule has 0 radical (unpaired) electrons. The Bertz CT molecular complexity index is 427. The van der Waals surface area contributed by atoms with Gasteiger partial charge < -0.3 is 10.6 Å². The summed E-state index contributed by atoms with van der Waals surface area (Å²) in [5, 5.41) is 0. The maximum Gasteiger partial charge on any atom is 0.406 e. The van der Waals surface area contributed by atoms with E-state index in [1.165, 1.54) is 0 Å². The fourth-order valence-electron chi connectivity index (χ4n) is 1.66. The van der Waals surface area contributed by atoms with Gasteiger partial charge in [-0.25, -0.2) is 0 Å². The van der Waals surface area contributed by atoms with E-state index < -0.39 is 24.7 Å². The molecule has 0 aliphatic carbocycles. The van der Waals surface area contributed by atoms with Crippen molar-refractivity contribution in [3.05, 3.63) is 29.8 Å². The number of benzene rings is 1. The van der Waals surface area contributed by atoms with Crippen LogP contribution in [-0.4, -0.2) is 29.6 Å². The number of amides is 1. The minimum atomic E-state index is -4.39. The van der Waals surface area contributed by atoms with Crippen LogP contribution in [0.5, 0.6) is 0 Å². The van der Waals surface area contributed by atoms with Crippen LogP contribution in [0.2, 0.25) is 0 Å². The lowest BCUT2D eigenvalue weighted by Gasteiger charge is -2.27. The zero-order chi connectivity index (χ0) is 14.6. The predicted octanol–water partition coefficient (Wildman–Crippen LogP) is 2.61. The van der Waals surface area contributed by atoms with Gasteiger partial charge in [0.05, 0.1) is 6.42 Å². The van der Waals surface area contributed by atoms with Crippen molar-refractivity contribution in [2.45, 2.75) is 32.5 Å². The zero-order valence-corrected chi connectivity index (χ0v) is 10.9. The van der Waals surface area contributed by atoms with Crippen molar-refractivity contribution in [3.8, 4) is 0 Å². The average molecular weight is 274 g/mol. The summed E-state index contributed by atoms with van der Waals surface area (Å²) in [5.41, 5.74) is 6.70. The molecule has 0 heterocycles. The van der Waals surface area contributed by atoms with Crippen molar-refractivity contribution in [2.75, 3.05) is 12.3 Å². The lowest BCUT2D eigenvalue weighted by molar-refractivity contribution is -0.164. The number of nitrogens with zero attached hydrogens (tertiary/aromatic N) is 1. The first-order valence-electron chi connectivity index (χ1n) is 5.89. The summed E-state index contributed by atoms with van der Waals surface area (Å²) in [6.07, 6.45) is -4.45. The molecule has 2 N–H and O–H groups in total. The first kappa shape index (κ1) is 15.3. The van der Waals surface area contributed by atoms with Crippen LogP contribution in [0.25, 0.3) is 0 Å². The lowest BCUT2D eigenvalue weighted by atomic mass is 10.1. The number of rotatable bonds is 4. The van der Waals surface area contributed by atoms with E-state index >= 15 is 0 Å². The standard InChI is InChI=1S/C13H17F3N2O/c1-9(2)18(8-13(14,15)16)12(19)7-10-3-5-11(17)6-4-10/h3-6,9H,7-8,17H2,1-2H3. The zero-order valence-electron chi connectivity index (χ0n) is 10.9. The molecule has 0 bridgehead atoms. The molecule has 3 nitrogen and oxygen atoms in total. The summed E-state index contributed by atoms with van der Waals surface area (Å²) in [5.74, 6) is -0.544. The molecule has 1 amide bonds. The molecule has 6 heteroatoms. The summed E-state index contributed by atoms with van der Waals surface area (Å²) in [6.45, 7) is 1.90. The SMILES string of the molecule is CC(C)N(CC(F)(F)F)C(=O)Cc1ccc(N)cc1. The molecule has 1 rings (SSSR count). The van der Waals surface area contributed by atoms with E-state index in [0.29, 0.717) is 11.3 Å². The molecule has 0 aromatic heterocycles. The monoisotopic (exact) mass is 274 g/mol. The van der Waals surface area contributed by atoms with Crippen LogP contribution >= 0.6 is 0 Å². The molecule has 0 fully saturated rings. The van der Waals surface area contributed by atoms with Crippen LogP contribution in [0.4, 0.5) is 18.9 Å². The Labute approximate surface area is 110 Å². The fraction of sp³-hybridized carbons (Fsp3) is 0.462. The first-order valence-corrected chi connectivity index (χ1v) is 5.89. The Morgan fingerprint density at radius 3 is 2.21 bits per heavy atom. The van der Waals surface area contributed by atoms with Gasteiger partial charge in [0.1, 0.15) is 6.54 Å². The Kier molecular flexibility index (Phi) is 4.80. The molecular weight excluding hydrogens is 257 g/mol. The van der Waals surface area contributed by atoms with Gasteiger partial charge in [-0.3, -0.25) is 4.79 Å². The van der Waals surface area contributed by atoms with Gasteiger partial charge in [0.15, 0.2) is 0 Å². The normalized spacial score (nSPS) is 11.7. The highest BCUT2D eigenvalue weighted by atomic mass is 19.4. The first-order chi connectivity index (χ1) is 8.69. The van der Waals surface area contributed by atoms with Crippen LogP contribution in [0.15, 0.2) is 24.3 Å². The second-order valence-corrected chi connectivity index (χ2v) is 4.65. The summed E-state index contributed by atoms with van der Waals surface area (Å²) in [4.78, 5) is 12.7. The third kappa shape index (κ3) is 5.19. The highest BCUT2D eigenvalue weighted by Crippen LogP contribution is 2.19. The van der Waals surface area contributed by atoms with Crippen molar-refractivity contribution >= 4 is 11.6 Å². The Hall–Kier alpha value is -1.72. The Morgan fingerprint density at radius 1 is 1.26 bits per heavy atom. The smallest absolute Gasteiger partial charge is 0.399 e. The van der Waals surface area contributed by atoms with Crippen LogP contribution in [0.3, 0.4) is 0 Å². The van der Waals surface area contributed by atoms with E-state index in [1.807, 2.05) is 0 Å². The van der Waals surface area contributed by atoms with Gasteiger partial charge in [0.25, 0.3) is 0 Å². The number of nitrogen functional groups attached to an aromatic ring is 1. The largest absolute Gasteiger partial charge is 0.406 e. The van der Waals surface area contributed by atoms with E-state index in [-0.39, 0.29) is 6.42 Å². The summed E-state index contributed by atoms with van der Waals surface area (Å²) in [6, 6.07) is 6.01. The van der Waals surface area contributed by atoms with E-state index in [2.05, 4.69) is 0 Å². The van der Waals surface area contributed by atoms with Crippen molar-refractivity contribution in [3.63, 3.8) is 0 Å². The minimum Gasteiger partial charge on any atom is -0.399 e. The Morgan fingerprint density at radius 2 is 1.79 bits per heavy atom. The van der Waals surface area contributed by atoms with Crippen LogP contribution in [0, 0.1) is 0 Å². The maximum atomic E-state index is 12.4. The van der Waals surface area contributed by atoms with Gasteiger partial charge in [0.2, 0.25) is 5.91 Å². The summed E-state index contributed by atoms with van der Waals surface area (Å²) < 4.78 is 37.2. The minimum absolute atomic E-state index is 0.0610. The van der Waals surface area contributed by atoms with Crippen molar-refractivity contribution in [1.82, 2.24) is 4.90 Å². The summed E-state index contributed by atoms with van der Waals surface area (Å²) >= 11 is 0. The molecule has 1 aromatic carbocycles. The van der Waals surface area contributed by atoms with E-state index in [4.69, 9.17) is 5.73 Å². The maximum absolute atomic E-state index is 12.4. The molecule has 0 saturated carbocycles. The number of nitrogens with two attached hydrogens (primary N) is 1. The third-order valence-corrected chi connectivity index (χ3v) is 2.63. The second kappa shape index (κ2) is 5.95. The molecule has 0 atom stereocenters. The molecule has 0 aliphatic rings.